The van der Waals surface area contributed by atoms with Gasteiger partial charge in [-0.15, -0.1) is 0 Å². The average molecular weight is 241 g/mol. The predicted molar refractivity (Wildman–Crippen MR) is 64.9 cm³/mol. The third-order valence-electron chi connectivity index (χ3n) is 3.03. The van der Waals surface area contributed by atoms with Crippen LogP contribution in [0, 0.1) is 0 Å². The zero-order valence-corrected chi connectivity index (χ0v) is 9.59. The van der Waals surface area contributed by atoms with Crippen LogP contribution in [0.1, 0.15) is 21.6 Å². The normalized spacial score (nSPS) is 13.4. The van der Waals surface area contributed by atoms with E-state index in [1.54, 1.807) is 4.90 Å². The fourth-order valence-corrected chi connectivity index (χ4v) is 2.10. The molecule has 0 bridgehead atoms. The summed E-state index contributed by atoms with van der Waals surface area (Å²) in [5.74, 6) is -0.164. The molecule has 0 fully saturated rings. The summed E-state index contributed by atoms with van der Waals surface area (Å²) >= 11 is 0. The number of benzene rings is 1. The molecule has 0 saturated heterocycles. The van der Waals surface area contributed by atoms with Crippen molar-refractivity contribution in [2.24, 2.45) is 0 Å². The average Bonchev–Trinajstić information content (AvgIpc) is 2.82. The van der Waals surface area contributed by atoms with E-state index >= 15 is 0 Å². The molecular weight excluding hydrogens is 230 g/mol. The fraction of sp³-hybridized carbons (Fsp3) is 0.154. The van der Waals surface area contributed by atoms with E-state index in [9.17, 15) is 9.59 Å². The topological polar surface area (TPSA) is 66.1 Å². The molecule has 1 N–H and O–H groups in total. The lowest BCUT2D eigenvalue weighted by Gasteiger charge is -2.14. The Morgan fingerprint density at radius 1 is 1.11 bits per heavy atom. The highest BCUT2D eigenvalue weighted by Gasteiger charge is 2.24. The molecule has 5 nitrogen and oxygen atoms in total. The molecule has 0 spiro atoms. The van der Waals surface area contributed by atoms with E-state index < -0.39 is 0 Å². The predicted octanol–water partition coefficient (Wildman–Crippen LogP) is 0.926. The van der Waals surface area contributed by atoms with Crippen LogP contribution in [0.5, 0.6) is 0 Å². The Balaban J connectivity index is 1.84. The molecule has 0 radical (unpaired) electrons. The van der Waals surface area contributed by atoms with E-state index in [0.29, 0.717) is 13.1 Å². The van der Waals surface area contributed by atoms with Gasteiger partial charge >= 0.3 is 0 Å². The maximum absolute atomic E-state index is 12.2. The maximum atomic E-state index is 12.2. The van der Waals surface area contributed by atoms with Crippen LogP contribution in [-0.4, -0.2) is 21.0 Å². The number of amides is 1. The molecule has 0 saturated carbocycles. The second-order valence-electron chi connectivity index (χ2n) is 4.24. The van der Waals surface area contributed by atoms with Crippen molar-refractivity contribution in [1.82, 2.24) is 15.1 Å². The van der Waals surface area contributed by atoms with Crippen LogP contribution in [0.15, 0.2) is 41.2 Å². The zero-order valence-electron chi connectivity index (χ0n) is 9.59. The Labute approximate surface area is 103 Å². The van der Waals surface area contributed by atoms with Gasteiger partial charge < -0.3 is 4.90 Å². The van der Waals surface area contributed by atoms with Crippen molar-refractivity contribution in [1.29, 1.82) is 0 Å². The summed E-state index contributed by atoms with van der Waals surface area (Å²) in [6.45, 7) is 1.19. The molecule has 0 unspecified atom stereocenters. The van der Waals surface area contributed by atoms with Gasteiger partial charge in [0.15, 0.2) is 0 Å². The summed E-state index contributed by atoms with van der Waals surface area (Å²) in [6, 6.07) is 10.7. The molecule has 1 aromatic carbocycles. The van der Waals surface area contributed by atoms with Crippen LogP contribution in [0.3, 0.4) is 0 Å². The first kappa shape index (κ1) is 10.7. The Morgan fingerprint density at radius 3 is 2.33 bits per heavy atom. The zero-order chi connectivity index (χ0) is 12.5. The van der Waals surface area contributed by atoms with E-state index in [0.717, 1.165) is 11.1 Å². The number of aromatic amines is 1. The number of hydrogen-bond donors (Lipinski definition) is 1. The summed E-state index contributed by atoms with van der Waals surface area (Å²) in [5, 5.41) is 6.03. The van der Waals surface area contributed by atoms with Gasteiger partial charge in [-0.1, -0.05) is 24.3 Å². The van der Waals surface area contributed by atoms with Gasteiger partial charge in [0.25, 0.3) is 11.5 Å². The highest BCUT2D eigenvalue weighted by Crippen LogP contribution is 2.23. The lowest BCUT2D eigenvalue weighted by Crippen LogP contribution is -2.27. The molecule has 2 aromatic rings. The summed E-state index contributed by atoms with van der Waals surface area (Å²) in [5.41, 5.74) is 2.28. The third kappa shape index (κ3) is 1.79. The number of carbonyl (C=O) groups excluding carboxylic acids is 1. The number of carbonyl (C=O) groups is 1. The number of H-pyrrole nitrogens is 1. The number of fused-ring (bicyclic) bond motifs is 1. The Hall–Kier alpha value is -2.43. The first-order valence-electron chi connectivity index (χ1n) is 5.66. The van der Waals surface area contributed by atoms with Crippen LogP contribution in [-0.2, 0) is 13.1 Å². The Kier molecular flexibility index (Phi) is 2.44. The summed E-state index contributed by atoms with van der Waals surface area (Å²) in [4.78, 5) is 24.8. The van der Waals surface area contributed by atoms with Gasteiger partial charge in [-0.25, -0.2) is 5.10 Å². The van der Waals surface area contributed by atoms with Gasteiger partial charge in [0.05, 0.1) is 0 Å². The van der Waals surface area contributed by atoms with Gasteiger partial charge in [0.2, 0.25) is 0 Å². The van der Waals surface area contributed by atoms with Crippen molar-refractivity contribution in [2.45, 2.75) is 13.1 Å². The van der Waals surface area contributed by atoms with Crippen LogP contribution < -0.4 is 5.56 Å². The lowest BCUT2D eigenvalue weighted by molar-refractivity contribution is 0.0744. The smallest absolute Gasteiger partial charge is 0.274 e. The minimum Gasteiger partial charge on any atom is -0.329 e. The first-order chi connectivity index (χ1) is 8.74. The Morgan fingerprint density at radius 2 is 1.78 bits per heavy atom. The number of aromatic nitrogens is 2. The van der Waals surface area contributed by atoms with Crippen molar-refractivity contribution < 1.29 is 4.79 Å². The van der Waals surface area contributed by atoms with Gasteiger partial charge in [-0.2, -0.15) is 5.10 Å². The molecule has 1 aliphatic heterocycles. The largest absolute Gasteiger partial charge is 0.329 e. The van der Waals surface area contributed by atoms with Crippen LogP contribution in [0.4, 0.5) is 0 Å². The van der Waals surface area contributed by atoms with Crippen molar-refractivity contribution >= 4 is 5.91 Å². The highest BCUT2D eigenvalue weighted by atomic mass is 16.2. The molecule has 1 aromatic heterocycles. The van der Waals surface area contributed by atoms with Gasteiger partial charge in [-0.05, 0) is 17.2 Å². The highest BCUT2D eigenvalue weighted by molar-refractivity contribution is 5.92. The molecular formula is C13H11N3O2. The monoisotopic (exact) mass is 241 g/mol. The molecule has 1 aliphatic rings. The van der Waals surface area contributed by atoms with E-state index in [1.807, 2.05) is 24.3 Å². The number of nitrogens with one attached hydrogen (secondary N) is 1. The summed E-state index contributed by atoms with van der Waals surface area (Å²) in [6.07, 6.45) is 0. The minimum atomic E-state index is -0.309. The lowest BCUT2D eigenvalue weighted by atomic mass is 10.1. The second kappa shape index (κ2) is 4.10. The van der Waals surface area contributed by atoms with Crippen LogP contribution in [0.25, 0.3) is 0 Å². The van der Waals surface area contributed by atoms with Crippen molar-refractivity contribution in [3.63, 3.8) is 0 Å². The Bertz CT molecular complexity index is 618. The molecule has 18 heavy (non-hydrogen) atoms. The van der Waals surface area contributed by atoms with E-state index in [-0.39, 0.29) is 17.2 Å². The van der Waals surface area contributed by atoms with Crippen LogP contribution >= 0.6 is 0 Å². The van der Waals surface area contributed by atoms with E-state index in [1.165, 1.54) is 12.1 Å². The maximum Gasteiger partial charge on any atom is 0.274 e. The quantitative estimate of drug-likeness (QED) is 0.807. The molecule has 0 aliphatic carbocycles. The number of hydrogen-bond acceptors (Lipinski definition) is 3. The fourth-order valence-electron chi connectivity index (χ4n) is 2.10. The van der Waals surface area contributed by atoms with Crippen molar-refractivity contribution in [3.05, 3.63) is 63.6 Å². The molecule has 0 atom stereocenters. The van der Waals surface area contributed by atoms with Gasteiger partial charge in [0, 0.05) is 19.2 Å². The SMILES string of the molecule is O=C(c1ccc(=O)[nH]n1)N1Cc2ccccc2C1. The summed E-state index contributed by atoms with van der Waals surface area (Å²) < 4.78 is 0. The standard InChI is InChI=1S/C13H11N3O2/c17-12-6-5-11(14-15-12)13(18)16-7-9-3-1-2-4-10(9)8-16/h1-6H,7-8H2,(H,15,17). The molecule has 2 heterocycles. The first-order valence-corrected chi connectivity index (χ1v) is 5.66. The molecule has 3 rings (SSSR count). The molecule has 5 heteroatoms. The van der Waals surface area contributed by atoms with E-state index in [2.05, 4.69) is 10.2 Å². The third-order valence-corrected chi connectivity index (χ3v) is 3.03. The summed E-state index contributed by atoms with van der Waals surface area (Å²) in [7, 11) is 0. The van der Waals surface area contributed by atoms with Crippen molar-refractivity contribution in [2.75, 3.05) is 0 Å². The van der Waals surface area contributed by atoms with E-state index in [4.69, 9.17) is 0 Å². The van der Waals surface area contributed by atoms with Gasteiger partial charge in [-0.3, -0.25) is 9.59 Å². The van der Waals surface area contributed by atoms with Gasteiger partial charge in [0.1, 0.15) is 5.69 Å². The molecule has 1 amide bonds. The number of nitrogens with zero attached hydrogens (tertiary/aromatic N) is 2. The molecule has 90 valence electrons. The number of rotatable bonds is 1. The van der Waals surface area contributed by atoms with Crippen molar-refractivity contribution in [3.8, 4) is 0 Å². The van der Waals surface area contributed by atoms with Crippen LogP contribution in [0.2, 0.25) is 0 Å². The second-order valence-corrected chi connectivity index (χ2v) is 4.24. The minimum absolute atomic E-state index is 0.164.